The van der Waals surface area contributed by atoms with Gasteiger partial charge in [-0.3, -0.25) is 4.79 Å². The van der Waals surface area contributed by atoms with Gasteiger partial charge in [-0.15, -0.1) is 0 Å². The van der Waals surface area contributed by atoms with Crippen LogP contribution in [0.2, 0.25) is 0 Å². The number of hydrogen-bond donors (Lipinski definition) is 3. The van der Waals surface area contributed by atoms with Crippen LogP contribution < -0.4 is 5.32 Å². The molecule has 1 aromatic heterocycles. The van der Waals surface area contributed by atoms with Gasteiger partial charge < -0.3 is 15.5 Å². The molecule has 0 aliphatic heterocycles. The van der Waals surface area contributed by atoms with Crippen LogP contribution in [0.5, 0.6) is 0 Å². The Morgan fingerprint density at radius 2 is 1.58 bits per heavy atom. The molecule has 1 atom stereocenters. The maximum Gasteiger partial charge on any atom is 0.219 e. The molecule has 0 saturated carbocycles. The number of nitrogens with zero attached hydrogens (tertiary/aromatic N) is 1. The maximum atomic E-state index is 11.4. The van der Waals surface area contributed by atoms with E-state index < -0.39 is 5.72 Å². The number of unbranched alkanes of at least 4 members (excludes halogenated alkanes) is 12. The summed E-state index contributed by atoms with van der Waals surface area (Å²) < 4.78 is 0. The zero-order chi connectivity index (χ0) is 22.8. The molecule has 0 bridgehead atoms. The summed E-state index contributed by atoms with van der Waals surface area (Å²) in [5, 5.41) is 22.4. The van der Waals surface area contributed by atoms with Crippen LogP contribution in [-0.2, 0) is 10.5 Å². The summed E-state index contributed by atoms with van der Waals surface area (Å²) in [6.07, 6.45) is 16.7. The summed E-state index contributed by atoms with van der Waals surface area (Å²) in [6, 6.07) is 5.16. The normalized spacial score (nSPS) is 12.6. The fraction of sp³-hybridized carbons (Fsp3) is 0.692. The number of nitrogens with one attached hydrogen (secondary N) is 1. The summed E-state index contributed by atoms with van der Waals surface area (Å²) in [7, 11) is 0. The second-order valence-electron chi connectivity index (χ2n) is 8.36. The predicted molar refractivity (Wildman–Crippen MR) is 126 cm³/mol. The van der Waals surface area contributed by atoms with Crippen LogP contribution in [0.15, 0.2) is 18.2 Å². The van der Waals surface area contributed by atoms with Crippen LogP contribution >= 0.6 is 0 Å². The third-order valence-electron chi connectivity index (χ3n) is 5.40. The summed E-state index contributed by atoms with van der Waals surface area (Å²) >= 11 is 0. The predicted octanol–water partition coefficient (Wildman–Crippen LogP) is 5.19. The van der Waals surface area contributed by atoms with E-state index in [4.69, 9.17) is 0 Å². The molecule has 0 aliphatic carbocycles. The highest BCUT2D eigenvalue weighted by molar-refractivity contribution is 5.73. The lowest BCUT2D eigenvalue weighted by Crippen LogP contribution is -2.46. The lowest BCUT2D eigenvalue weighted by Gasteiger charge is -2.27. The highest BCUT2D eigenvalue weighted by Gasteiger charge is 2.31. The summed E-state index contributed by atoms with van der Waals surface area (Å²) in [4.78, 5) is 15.8. The Kier molecular flexibility index (Phi) is 14.7. The number of aliphatic hydroxyl groups is 2. The third-order valence-corrected chi connectivity index (χ3v) is 5.40. The monoisotopic (exact) mass is 430 g/mol. The minimum absolute atomic E-state index is 0.0324. The van der Waals surface area contributed by atoms with E-state index in [1.807, 2.05) is 0 Å². The zero-order valence-electron chi connectivity index (χ0n) is 19.6. The van der Waals surface area contributed by atoms with Crippen LogP contribution in [0.1, 0.15) is 115 Å². The van der Waals surface area contributed by atoms with E-state index in [0.29, 0.717) is 5.69 Å². The molecule has 1 aromatic rings. The van der Waals surface area contributed by atoms with Crippen molar-refractivity contribution < 1.29 is 15.0 Å². The number of rotatable bonds is 16. The van der Waals surface area contributed by atoms with Crippen LogP contribution in [0, 0.1) is 11.8 Å². The number of amides is 1. The largest absolute Gasteiger partial charge is 0.396 e. The van der Waals surface area contributed by atoms with E-state index in [1.54, 1.807) is 18.2 Å². The summed E-state index contributed by atoms with van der Waals surface area (Å²) in [6.45, 7) is 3.31. The van der Waals surface area contributed by atoms with E-state index >= 15 is 0 Å². The first-order valence-corrected chi connectivity index (χ1v) is 12.1. The van der Waals surface area contributed by atoms with Gasteiger partial charge in [-0.2, -0.15) is 0 Å². The molecule has 0 aliphatic rings. The van der Waals surface area contributed by atoms with Crippen molar-refractivity contribution in [3.63, 3.8) is 0 Å². The first kappa shape index (κ1) is 27.1. The average molecular weight is 431 g/mol. The number of pyridine rings is 1. The Morgan fingerprint density at radius 1 is 1.00 bits per heavy atom. The minimum atomic E-state index is -1.69. The Labute approximate surface area is 189 Å². The lowest BCUT2D eigenvalue weighted by molar-refractivity contribution is -0.128. The molecule has 174 valence electrons. The lowest BCUT2D eigenvalue weighted by atomic mass is 10.0. The van der Waals surface area contributed by atoms with E-state index in [1.165, 1.54) is 77.6 Å². The first-order valence-electron chi connectivity index (χ1n) is 12.1. The molecule has 1 heterocycles. The van der Waals surface area contributed by atoms with Gasteiger partial charge in [0.05, 0.1) is 5.69 Å². The summed E-state index contributed by atoms with van der Waals surface area (Å²) in [5.74, 6) is 5.81. The number of aliphatic hydroxyl groups excluding tert-OH is 1. The van der Waals surface area contributed by atoms with Gasteiger partial charge in [0.2, 0.25) is 5.91 Å². The van der Waals surface area contributed by atoms with E-state index in [9.17, 15) is 15.0 Å². The number of carbonyl (C=O) groups is 1. The molecular formula is C26H42N2O3. The third kappa shape index (κ3) is 12.5. The molecule has 31 heavy (non-hydrogen) atoms. The van der Waals surface area contributed by atoms with E-state index in [-0.39, 0.29) is 24.6 Å². The molecule has 1 rings (SSSR count). The molecule has 0 aromatic carbocycles. The van der Waals surface area contributed by atoms with Gasteiger partial charge in [0, 0.05) is 26.4 Å². The van der Waals surface area contributed by atoms with Crippen molar-refractivity contribution >= 4 is 5.91 Å². The molecule has 0 fully saturated rings. The SMILES string of the molecule is CCCCCCCCCCCCCCC#Cc1cccc(C(O)(CCO)NC(C)=O)n1. The van der Waals surface area contributed by atoms with Crippen molar-refractivity contribution in [2.45, 2.75) is 109 Å². The quantitative estimate of drug-likeness (QED) is 0.191. The van der Waals surface area contributed by atoms with Gasteiger partial charge >= 0.3 is 0 Å². The molecule has 0 spiro atoms. The highest BCUT2D eigenvalue weighted by Crippen LogP contribution is 2.20. The highest BCUT2D eigenvalue weighted by atomic mass is 16.3. The number of hydrogen-bond acceptors (Lipinski definition) is 4. The smallest absolute Gasteiger partial charge is 0.219 e. The van der Waals surface area contributed by atoms with E-state index in [0.717, 1.165) is 12.8 Å². The van der Waals surface area contributed by atoms with Crippen molar-refractivity contribution in [2.75, 3.05) is 6.61 Å². The molecule has 5 heteroatoms. The molecule has 0 saturated heterocycles. The molecule has 1 unspecified atom stereocenters. The van der Waals surface area contributed by atoms with Crippen LogP contribution in [0.25, 0.3) is 0 Å². The Hall–Kier alpha value is -1.90. The number of carbonyl (C=O) groups excluding carboxylic acids is 1. The maximum absolute atomic E-state index is 11.4. The molecular weight excluding hydrogens is 388 g/mol. The first-order chi connectivity index (χ1) is 15.0. The van der Waals surface area contributed by atoms with Gasteiger partial charge in [-0.25, -0.2) is 4.98 Å². The van der Waals surface area contributed by atoms with Crippen molar-refractivity contribution in [2.24, 2.45) is 0 Å². The average Bonchev–Trinajstić information content (AvgIpc) is 2.74. The Balaban J connectivity index is 2.27. The number of aromatic nitrogens is 1. The standard InChI is InChI=1S/C26H42N2O3/c1-3-4-5-6-7-8-9-10-11-12-13-14-15-16-18-24-19-17-20-25(27-24)26(31,21-22-29)28-23(2)30/h17,19-20,29,31H,3-15,21-22H2,1-2H3,(H,28,30). The second kappa shape index (κ2) is 16.8. The van der Waals surface area contributed by atoms with Crippen molar-refractivity contribution in [1.29, 1.82) is 0 Å². The topological polar surface area (TPSA) is 82.5 Å². The van der Waals surface area contributed by atoms with Gasteiger partial charge in [0.15, 0.2) is 5.72 Å². The second-order valence-corrected chi connectivity index (χ2v) is 8.36. The van der Waals surface area contributed by atoms with Gasteiger partial charge in [0.1, 0.15) is 5.69 Å². The van der Waals surface area contributed by atoms with Gasteiger partial charge in [-0.05, 0) is 24.5 Å². The van der Waals surface area contributed by atoms with Crippen molar-refractivity contribution in [3.05, 3.63) is 29.6 Å². The Bertz CT molecular complexity index is 681. The van der Waals surface area contributed by atoms with Crippen LogP contribution in [0.3, 0.4) is 0 Å². The minimum Gasteiger partial charge on any atom is -0.396 e. The fourth-order valence-electron chi connectivity index (χ4n) is 3.65. The van der Waals surface area contributed by atoms with Crippen molar-refractivity contribution in [1.82, 2.24) is 10.3 Å². The molecule has 5 nitrogen and oxygen atoms in total. The fourth-order valence-corrected chi connectivity index (χ4v) is 3.65. The summed E-state index contributed by atoms with van der Waals surface area (Å²) in [5.41, 5.74) is -0.847. The zero-order valence-corrected chi connectivity index (χ0v) is 19.6. The van der Waals surface area contributed by atoms with Gasteiger partial charge in [0.25, 0.3) is 0 Å². The van der Waals surface area contributed by atoms with Crippen LogP contribution in [0.4, 0.5) is 0 Å². The molecule has 0 radical (unpaired) electrons. The van der Waals surface area contributed by atoms with Crippen LogP contribution in [-0.4, -0.2) is 27.7 Å². The molecule has 3 N–H and O–H groups in total. The molecule has 1 amide bonds. The van der Waals surface area contributed by atoms with Crippen molar-refractivity contribution in [3.8, 4) is 11.8 Å². The van der Waals surface area contributed by atoms with Gasteiger partial charge in [-0.1, -0.05) is 89.5 Å². The van der Waals surface area contributed by atoms with E-state index in [2.05, 4.69) is 29.1 Å². The Morgan fingerprint density at radius 3 is 2.13 bits per heavy atom.